The molecule has 0 atom stereocenters. The number of rotatable bonds is 3. The van der Waals surface area contributed by atoms with Crippen molar-refractivity contribution in [2.75, 3.05) is 6.61 Å². The van der Waals surface area contributed by atoms with Gasteiger partial charge >= 0.3 is 5.97 Å². The Morgan fingerprint density at radius 3 is 2.95 bits per heavy atom. The van der Waals surface area contributed by atoms with E-state index in [9.17, 15) is 4.79 Å². The number of esters is 1. The first-order valence-electron chi connectivity index (χ1n) is 6.38. The number of hydrogen-bond acceptors (Lipinski definition) is 4. The van der Waals surface area contributed by atoms with Crippen LogP contribution in [0.15, 0.2) is 53.5 Å². The molecule has 0 saturated heterocycles. The highest BCUT2D eigenvalue weighted by Crippen LogP contribution is 2.28. The average Bonchev–Trinajstić information content (AvgIpc) is 3.00. The van der Waals surface area contributed by atoms with Crippen LogP contribution in [0, 0.1) is 0 Å². The van der Waals surface area contributed by atoms with Crippen LogP contribution in [0.1, 0.15) is 17.3 Å². The van der Waals surface area contributed by atoms with Crippen LogP contribution in [0.4, 0.5) is 0 Å². The van der Waals surface area contributed by atoms with Crippen LogP contribution >= 0.6 is 0 Å². The topological polar surface area (TPSA) is 52.3 Å². The first-order valence-corrected chi connectivity index (χ1v) is 6.38. The first kappa shape index (κ1) is 12.4. The molecule has 0 aliphatic carbocycles. The molecule has 2 aromatic heterocycles. The normalized spacial score (nSPS) is 10.7. The summed E-state index contributed by atoms with van der Waals surface area (Å²) in [5.41, 5.74) is 3.28. The summed E-state index contributed by atoms with van der Waals surface area (Å²) < 4.78 is 10.1. The molecule has 3 rings (SSSR count). The molecule has 100 valence electrons. The molecule has 0 aliphatic rings. The minimum absolute atomic E-state index is 0.329. The van der Waals surface area contributed by atoms with Gasteiger partial charge in [-0.05, 0) is 36.8 Å². The van der Waals surface area contributed by atoms with Crippen molar-refractivity contribution in [2.24, 2.45) is 0 Å². The molecule has 0 spiro atoms. The van der Waals surface area contributed by atoms with Crippen LogP contribution in [-0.2, 0) is 4.74 Å². The second kappa shape index (κ2) is 5.17. The van der Waals surface area contributed by atoms with Gasteiger partial charge in [0.2, 0.25) is 0 Å². The Balaban J connectivity index is 2.11. The lowest BCUT2D eigenvalue weighted by Crippen LogP contribution is -2.04. The summed E-state index contributed by atoms with van der Waals surface area (Å²) in [6.45, 7) is 2.15. The zero-order valence-corrected chi connectivity index (χ0v) is 11.0. The summed E-state index contributed by atoms with van der Waals surface area (Å²) >= 11 is 0. The van der Waals surface area contributed by atoms with Crippen molar-refractivity contribution < 1.29 is 13.9 Å². The lowest BCUT2D eigenvalue weighted by atomic mass is 10.0. The number of carbonyl (C=O) groups is 1. The van der Waals surface area contributed by atoms with Crippen molar-refractivity contribution >= 4 is 16.9 Å². The Morgan fingerprint density at radius 2 is 2.20 bits per heavy atom. The van der Waals surface area contributed by atoms with Crippen molar-refractivity contribution in [3.05, 3.63) is 54.6 Å². The minimum atomic E-state index is -0.329. The van der Waals surface area contributed by atoms with Gasteiger partial charge in [0.05, 0.1) is 30.2 Å². The fraction of sp³-hybridized carbons (Fsp3) is 0.125. The van der Waals surface area contributed by atoms with E-state index in [4.69, 9.17) is 9.15 Å². The number of nitrogens with zero attached hydrogens (tertiary/aromatic N) is 1. The summed E-state index contributed by atoms with van der Waals surface area (Å²) in [7, 11) is 0. The number of carbonyl (C=O) groups excluding carboxylic acids is 1. The minimum Gasteiger partial charge on any atom is -0.472 e. The molecule has 1 aromatic carbocycles. The van der Waals surface area contributed by atoms with E-state index in [-0.39, 0.29) is 5.97 Å². The fourth-order valence-electron chi connectivity index (χ4n) is 2.16. The second-order valence-electron chi connectivity index (χ2n) is 4.32. The van der Waals surface area contributed by atoms with Crippen LogP contribution < -0.4 is 0 Å². The maximum Gasteiger partial charge on any atom is 0.338 e. The molecular formula is C16H13NO3. The van der Waals surface area contributed by atoms with E-state index < -0.39 is 0 Å². The van der Waals surface area contributed by atoms with E-state index in [0.29, 0.717) is 12.2 Å². The highest BCUT2D eigenvalue weighted by atomic mass is 16.5. The molecule has 0 N–H and O–H groups in total. The Morgan fingerprint density at radius 1 is 1.30 bits per heavy atom. The van der Waals surface area contributed by atoms with Gasteiger partial charge in [-0.2, -0.15) is 0 Å². The molecule has 0 bridgehead atoms. The molecular weight excluding hydrogens is 254 g/mol. The number of fused-ring (bicyclic) bond motifs is 1. The summed E-state index contributed by atoms with van der Waals surface area (Å²) in [4.78, 5) is 16.1. The van der Waals surface area contributed by atoms with Crippen LogP contribution in [-0.4, -0.2) is 17.6 Å². The number of aromatic nitrogens is 1. The molecule has 0 amide bonds. The lowest BCUT2D eigenvalue weighted by Gasteiger charge is -2.06. The van der Waals surface area contributed by atoms with Gasteiger partial charge in [-0.15, -0.1) is 0 Å². The van der Waals surface area contributed by atoms with Crippen LogP contribution in [0.5, 0.6) is 0 Å². The average molecular weight is 267 g/mol. The second-order valence-corrected chi connectivity index (χ2v) is 4.32. The zero-order valence-electron chi connectivity index (χ0n) is 11.0. The summed E-state index contributed by atoms with van der Waals surface area (Å²) in [6, 6.07) is 9.21. The maximum atomic E-state index is 11.7. The monoisotopic (exact) mass is 267 g/mol. The third kappa shape index (κ3) is 2.16. The maximum absolute atomic E-state index is 11.7. The van der Waals surface area contributed by atoms with Crippen LogP contribution in [0.3, 0.4) is 0 Å². The van der Waals surface area contributed by atoms with E-state index in [1.807, 2.05) is 18.2 Å². The van der Waals surface area contributed by atoms with Crippen molar-refractivity contribution in [3.8, 4) is 11.1 Å². The Bertz CT molecular complexity index is 748. The summed E-state index contributed by atoms with van der Waals surface area (Å²) in [5.74, 6) is -0.329. The largest absolute Gasteiger partial charge is 0.472 e. The third-order valence-electron chi connectivity index (χ3n) is 3.09. The molecule has 0 aliphatic heterocycles. The van der Waals surface area contributed by atoms with Crippen LogP contribution in [0.25, 0.3) is 22.0 Å². The molecule has 0 unspecified atom stereocenters. The Labute approximate surface area is 116 Å². The molecule has 0 fully saturated rings. The van der Waals surface area contributed by atoms with Gasteiger partial charge < -0.3 is 9.15 Å². The van der Waals surface area contributed by atoms with Gasteiger partial charge in [0.15, 0.2) is 0 Å². The quantitative estimate of drug-likeness (QED) is 0.679. The molecule has 4 heteroatoms. The molecule has 4 nitrogen and oxygen atoms in total. The van der Waals surface area contributed by atoms with Crippen molar-refractivity contribution in [1.29, 1.82) is 0 Å². The van der Waals surface area contributed by atoms with E-state index in [1.165, 1.54) is 0 Å². The molecule has 0 saturated carbocycles. The lowest BCUT2D eigenvalue weighted by molar-refractivity contribution is 0.0526. The summed E-state index contributed by atoms with van der Waals surface area (Å²) in [5, 5.41) is 0.974. The fourth-order valence-corrected chi connectivity index (χ4v) is 2.16. The third-order valence-corrected chi connectivity index (χ3v) is 3.09. The van der Waals surface area contributed by atoms with E-state index in [0.717, 1.165) is 22.0 Å². The highest BCUT2D eigenvalue weighted by Gasteiger charge is 2.10. The summed E-state index contributed by atoms with van der Waals surface area (Å²) in [6.07, 6.45) is 5.04. The van der Waals surface area contributed by atoms with Gasteiger partial charge in [0.1, 0.15) is 0 Å². The van der Waals surface area contributed by atoms with E-state index in [2.05, 4.69) is 4.98 Å². The Hall–Kier alpha value is -2.62. The van der Waals surface area contributed by atoms with Crippen molar-refractivity contribution in [3.63, 3.8) is 0 Å². The number of hydrogen-bond donors (Lipinski definition) is 0. The van der Waals surface area contributed by atoms with Gasteiger partial charge in [-0.25, -0.2) is 4.79 Å². The predicted octanol–water partition coefficient (Wildman–Crippen LogP) is 3.67. The number of ether oxygens (including phenoxy) is 1. The standard InChI is InChI=1S/C16H13NO3/c1-2-20-16(18)11-3-4-14-13(12-6-8-19-10-12)5-7-17-15(14)9-11/h3-10H,2H2,1H3. The molecule has 0 radical (unpaired) electrons. The molecule has 20 heavy (non-hydrogen) atoms. The SMILES string of the molecule is CCOC(=O)c1ccc2c(-c3ccoc3)ccnc2c1. The van der Waals surface area contributed by atoms with Crippen LogP contribution in [0.2, 0.25) is 0 Å². The number of furan rings is 1. The first-order chi connectivity index (χ1) is 9.79. The van der Waals surface area contributed by atoms with E-state index >= 15 is 0 Å². The number of pyridine rings is 1. The van der Waals surface area contributed by atoms with Gasteiger partial charge in [-0.1, -0.05) is 6.07 Å². The number of benzene rings is 1. The van der Waals surface area contributed by atoms with Crippen molar-refractivity contribution in [1.82, 2.24) is 4.98 Å². The van der Waals surface area contributed by atoms with E-state index in [1.54, 1.807) is 37.8 Å². The highest BCUT2D eigenvalue weighted by molar-refractivity contribution is 5.99. The molecule has 2 heterocycles. The smallest absolute Gasteiger partial charge is 0.338 e. The molecule has 3 aromatic rings. The van der Waals surface area contributed by atoms with Gasteiger partial charge in [0.25, 0.3) is 0 Å². The van der Waals surface area contributed by atoms with Crippen molar-refractivity contribution in [2.45, 2.75) is 6.92 Å². The van der Waals surface area contributed by atoms with Gasteiger partial charge in [-0.3, -0.25) is 4.98 Å². The zero-order chi connectivity index (χ0) is 13.9. The van der Waals surface area contributed by atoms with Gasteiger partial charge in [0, 0.05) is 17.1 Å². The predicted molar refractivity (Wildman–Crippen MR) is 75.4 cm³/mol. The Kier molecular flexibility index (Phi) is 3.21.